The van der Waals surface area contributed by atoms with Crippen molar-refractivity contribution in [2.45, 2.75) is 33.2 Å². The molecule has 2 rings (SSSR count). The van der Waals surface area contributed by atoms with Crippen molar-refractivity contribution in [2.24, 2.45) is 5.92 Å². The van der Waals surface area contributed by atoms with Crippen molar-refractivity contribution in [3.8, 4) is 0 Å². The maximum Gasteiger partial charge on any atom is 0.255 e. The summed E-state index contributed by atoms with van der Waals surface area (Å²) in [5.74, 6) is 1.88. The monoisotopic (exact) mass is 253 g/mol. The lowest BCUT2D eigenvalue weighted by molar-refractivity contribution is 0.508. The highest BCUT2D eigenvalue weighted by molar-refractivity contribution is 6.29. The van der Waals surface area contributed by atoms with Crippen molar-refractivity contribution >= 4 is 23.2 Å². The van der Waals surface area contributed by atoms with Crippen molar-refractivity contribution in [3.05, 3.63) is 17.5 Å². The summed E-state index contributed by atoms with van der Waals surface area (Å²) in [5, 5.41) is 7.99. The first kappa shape index (κ1) is 12.1. The minimum atomic E-state index is 0.376. The molecule has 0 bridgehead atoms. The van der Waals surface area contributed by atoms with E-state index in [0.29, 0.717) is 22.9 Å². The summed E-state index contributed by atoms with van der Waals surface area (Å²) in [5.41, 5.74) is 0. The molecule has 2 aromatic heterocycles. The first-order valence-corrected chi connectivity index (χ1v) is 6.12. The van der Waals surface area contributed by atoms with E-state index in [1.54, 1.807) is 10.6 Å². The lowest BCUT2D eigenvalue weighted by Gasteiger charge is -2.22. The van der Waals surface area contributed by atoms with E-state index in [1.807, 2.05) is 0 Å². The zero-order chi connectivity index (χ0) is 12.4. The van der Waals surface area contributed by atoms with Crippen LogP contribution in [-0.2, 0) is 0 Å². The van der Waals surface area contributed by atoms with Gasteiger partial charge in [-0.15, -0.1) is 0 Å². The molecule has 5 nitrogen and oxygen atoms in total. The quantitative estimate of drug-likeness (QED) is 0.851. The van der Waals surface area contributed by atoms with Crippen LogP contribution in [0.5, 0.6) is 0 Å². The van der Waals surface area contributed by atoms with Crippen LogP contribution in [0, 0.1) is 5.92 Å². The van der Waals surface area contributed by atoms with Gasteiger partial charge in [0.25, 0.3) is 5.78 Å². The Morgan fingerprint density at radius 3 is 2.88 bits per heavy atom. The smallest absolute Gasteiger partial charge is 0.255 e. The summed E-state index contributed by atoms with van der Waals surface area (Å²) in [6.07, 6.45) is 2.51. The second-order valence-electron chi connectivity index (χ2n) is 4.34. The largest absolute Gasteiger partial charge is 0.367 e. The second-order valence-corrected chi connectivity index (χ2v) is 4.73. The van der Waals surface area contributed by atoms with Crippen molar-refractivity contribution < 1.29 is 0 Å². The Labute approximate surface area is 105 Å². The fourth-order valence-corrected chi connectivity index (χ4v) is 2.00. The Kier molecular flexibility index (Phi) is 3.47. The third-order valence-electron chi connectivity index (χ3n) is 2.80. The molecule has 92 valence electrons. The maximum atomic E-state index is 5.95. The number of nitrogens with zero attached hydrogens (tertiary/aromatic N) is 4. The van der Waals surface area contributed by atoms with Gasteiger partial charge >= 0.3 is 0 Å². The van der Waals surface area contributed by atoms with Gasteiger partial charge in [0.05, 0.1) is 0 Å². The zero-order valence-corrected chi connectivity index (χ0v) is 10.9. The average molecular weight is 254 g/mol. The van der Waals surface area contributed by atoms with E-state index in [2.05, 4.69) is 41.2 Å². The van der Waals surface area contributed by atoms with Gasteiger partial charge in [0.2, 0.25) is 0 Å². The maximum absolute atomic E-state index is 5.95. The van der Waals surface area contributed by atoms with Crippen LogP contribution >= 0.6 is 11.6 Å². The zero-order valence-electron chi connectivity index (χ0n) is 10.2. The number of aromatic nitrogens is 4. The van der Waals surface area contributed by atoms with Gasteiger partial charge in [-0.05, 0) is 12.3 Å². The Bertz CT molecular complexity index is 508. The Balaban J connectivity index is 2.37. The molecular formula is C11H16ClN5. The molecular weight excluding hydrogens is 238 g/mol. The van der Waals surface area contributed by atoms with Gasteiger partial charge in [0.1, 0.15) is 17.3 Å². The van der Waals surface area contributed by atoms with Crippen LogP contribution < -0.4 is 5.32 Å². The van der Waals surface area contributed by atoms with Crippen LogP contribution in [0.2, 0.25) is 5.15 Å². The van der Waals surface area contributed by atoms with Crippen LogP contribution in [0.15, 0.2) is 12.4 Å². The van der Waals surface area contributed by atoms with Gasteiger partial charge < -0.3 is 5.32 Å². The number of hydrogen-bond donors (Lipinski definition) is 1. The number of halogens is 1. The third kappa shape index (κ3) is 2.49. The lowest BCUT2D eigenvalue weighted by Crippen LogP contribution is -2.26. The van der Waals surface area contributed by atoms with E-state index in [4.69, 9.17) is 11.6 Å². The summed E-state index contributed by atoms with van der Waals surface area (Å²) in [6, 6.07) is 2.15. The fraction of sp³-hybridized carbons (Fsp3) is 0.545. The van der Waals surface area contributed by atoms with Crippen LogP contribution in [0.4, 0.5) is 5.82 Å². The van der Waals surface area contributed by atoms with E-state index in [1.165, 1.54) is 6.33 Å². The van der Waals surface area contributed by atoms with E-state index >= 15 is 0 Å². The normalized spacial score (nSPS) is 13.2. The Morgan fingerprint density at radius 1 is 1.47 bits per heavy atom. The molecule has 17 heavy (non-hydrogen) atoms. The molecule has 0 saturated heterocycles. The molecule has 0 radical (unpaired) electrons. The molecule has 0 fully saturated rings. The number of hydrogen-bond acceptors (Lipinski definition) is 4. The molecule has 1 unspecified atom stereocenters. The van der Waals surface area contributed by atoms with E-state index in [-0.39, 0.29) is 0 Å². The van der Waals surface area contributed by atoms with Crippen molar-refractivity contribution in [3.63, 3.8) is 0 Å². The molecule has 0 aliphatic heterocycles. The highest BCUT2D eigenvalue weighted by Crippen LogP contribution is 2.18. The number of rotatable bonds is 4. The summed E-state index contributed by atoms with van der Waals surface area (Å²) in [4.78, 5) is 8.12. The predicted octanol–water partition coefficient (Wildman–Crippen LogP) is 2.62. The molecule has 0 aromatic carbocycles. The van der Waals surface area contributed by atoms with Gasteiger partial charge in [0, 0.05) is 12.1 Å². The molecule has 2 heterocycles. The molecule has 0 saturated carbocycles. The fourth-order valence-electron chi connectivity index (χ4n) is 1.82. The van der Waals surface area contributed by atoms with E-state index < -0.39 is 0 Å². The van der Waals surface area contributed by atoms with Gasteiger partial charge in [-0.25, -0.2) is 0 Å². The standard InChI is InChI=1S/C11H16ClN5/c1-4-8(7(2)3)15-10-5-9(12)16-11-13-6-14-17(10)11/h5-8,15H,4H2,1-3H3. The predicted molar refractivity (Wildman–Crippen MR) is 68.3 cm³/mol. The summed E-state index contributed by atoms with van der Waals surface area (Å²) >= 11 is 5.95. The summed E-state index contributed by atoms with van der Waals surface area (Å²) in [7, 11) is 0. The molecule has 0 spiro atoms. The van der Waals surface area contributed by atoms with Crippen LogP contribution in [0.25, 0.3) is 5.78 Å². The molecule has 2 aromatic rings. The first-order chi connectivity index (χ1) is 8.11. The van der Waals surface area contributed by atoms with Gasteiger partial charge in [-0.2, -0.15) is 19.6 Å². The minimum absolute atomic E-state index is 0.376. The van der Waals surface area contributed by atoms with Gasteiger partial charge in [-0.1, -0.05) is 32.4 Å². The topological polar surface area (TPSA) is 55.1 Å². The number of nitrogens with one attached hydrogen (secondary N) is 1. The van der Waals surface area contributed by atoms with Crippen LogP contribution in [-0.4, -0.2) is 25.6 Å². The third-order valence-corrected chi connectivity index (χ3v) is 2.99. The molecule has 0 aliphatic carbocycles. The average Bonchev–Trinajstić information content (AvgIpc) is 2.72. The molecule has 1 atom stereocenters. The number of fused-ring (bicyclic) bond motifs is 1. The number of anilines is 1. The Hall–Kier alpha value is -1.36. The van der Waals surface area contributed by atoms with Gasteiger partial charge in [-0.3, -0.25) is 0 Å². The highest BCUT2D eigenvalue weighted by Gasteiger charge is 2.14. The van der Waals surface area contributed by atoms with Crippen LogP contribution in [0.3, 0.4) is 0 Å². The van der Waals surface area contributed by atoms with E-state index in [9.17, 15) is 0 Å². The summed E-state index contributed by atoms with van der Waals surface area (Å²) in [6.45, 7) is 6.52. The summed E-state index contributed by atoms with van der Waals surface area (Å²) < 4.78 is 1.66. The SMILES string of the molecule is CCC(Nc1cc(Cl)nc2ncnn12)C(C)C. The van der Waals surface area contributed by atoms with Crippen LogP contribution in [0.1, 0.15) is 27.2 Å². The molecule has 6 heteroatoms. The minimum Gasteiger partial charge on any atom is -0.367 e. The Morgan fingerprint density at radius 2 is 2.24 bits per heavy atom. The van der Waals surface area contributed by atoms with Crippen molar-refractivity contribution in [1.29, 1.82) is 0 Å². The van der Waals surface area contributed by atoms with Crippen molar-refractivity contribution in [1.82, 2.24) is 19.6 Å². The van der Waals surface area contributed by atoms with E-state index in [0.717, 1.165) is 12.2 Å². The molecule has 0 aliphatic rings. The lowest BCUT2D eigenvalue weighted by atomic mass is 10.0. The highest BCUT2D eigenvalue weighted by atomic mass is 35.5. The van der Waals surface area contributed by atoms with Crippen molar-refractivity contribution in [2.75, 3.05) is 5.32 Å². The van der Waals surface area contributed by atoms with Gasteiger partial charge in [0.15, 0.2) is 0 Å². The second kappa shape index (κ2) is 4.87. The molecule has 1 N–H and O–H groups in total. The first-order valence-electron chi connectivity index (χ1n) is 5.74. The molecule has 0 amide bonds.